The molecule has 0 amide bonds. The number of nitrogens with zero attached hydrogens (tertiary/aromatic N) is 2. The van der Waals surface area contributed by atoms with Gasteiger partial charge in [-0.3, -0.25) is 9.98 Å². The molecule has 0 heterocycles. The number of aryl methyl sites for hydroxylation is 1. The number of rotatable bonds is 4. The topological polar surface area (TPSA) is 65.2 Å². The van der Waals surface area contributed by atoms with E-state index >= 15 is 0 Å². The van der Waals surface area contributed by atoms with E-state index in [9.17, 15) is 10.2 Å². The standard InChI is InChI=1S/C14H13NO.C13H11NO.V/c1-11-6-5-7-12(14(11)16)10-15-13-8-3-2-4-9-13;15-13-9-5-4-6-11(13)10-14-12-7-2-1-3-8-12;/h2-10,16H,1H3;1-10,15H;. The van der Waals surface area contributed by atoms with E-state index in [2.05, 4.69) is 9.98 Å². The van der Waals surface area contributed by atoms with E-state index < -0.39 is 0 Å². The Hall–Kier alpha value is -3.60. The van der Waals surface area contributed by atoms with Crippen LogP contribution in [-0.4, -0.2) is 22.6 Å². The van der Waals surface area contributed by atoms with Crippen molar-refractivity contribution in [2.24, 2.45) is 9.98 Å². The zero-order valence-corrected chi connectivity index (χ0v) is 19.1. The molecule has 0 atom stereocenters. The van der Waals surface area contributed by atoms with E-state index in [4.69, 9.17) is 0 Å². The molecule has 159 valence electrons. The molecule has 0 aliphatic heterocycles. The second-order valence-electron chi connectivity index (χ2n) is 6.76. The van der Waals surface area contributed by atoms with E-state index in [-0.39, 0.29) is 24.3 Å². The summed E-state index contributed by atoms with van der Waals surface area (Å²) in [5.41, 5.74) is 4.08. The number of para-hydroxylation sites is 4. The van der Waals surface area contributed by atoms with Crippen LogP contribution in [0.1, 0.15) is 16.7 Å². The fourth-order valence-corrected chi connectivity index (χ4v) is 2.70. The van der Waals surface area contributed by atoms with Crippen molar-refractivity contribution in [2.75, 3.05) is 0 Å². The van der Waals surface area contributed by atoms with E-state index in [0.29, 0.717) is 5.75 Å². The number of benzene rings is 4. The molecule has 4 aromatic carbocycles. The minimum Gasteiger partial charge on any atom is -0.507 e. The number of aliphatic imine (C=N–C) groups is 2. The van der Waals surface area contributed by atoms with Gasteiger partial charge in [-0.2, -0.15) is 0 Å². The van der Waals surface area contributed by atoms with Crippen LogP contribution < -0.4 is 0 Å². The Kier molecular flexibility index (Phi) is 9.99. The Bertz CT molecular complexity index is 1160. The molecular weight excluding hydrogens is 435 g/mol. The second kappa shape index (κ2) is 13.0. The molecule has 0 aliphatic carbocycles. The van der Waals surface area contributed by atoms with Crippen molar-refractivity contribution in [1.29, 1.82) is 0 Å². The minimum atomic E-state index is 0. The first kappa shape index (κ1) is 24.7. The number of hydrogen-bond acceptors (Lipinski definition) is 4. The van der Waals surface area contributed by atoms with Crippen LogP contribution in [-0.2, 0) is 18.6 Å². The SMILES string of the molecule is Cc1cccc(C=Nc2ccccc2)c1O.Oc1ccccc1C=Nc1ccccc1.[V]. The first-order valence-corrected chi connectivity index (χ1v) is 9.88. The van der Waals surface area contributed by atoms with Crippen LogP contribution in [0.3, 0.4) is 0 Å². The number of hydrogen-bond donors (Lipinski definition) is 2. The van der Waals surface area contributed by atoms with Crippen LogP contribution in [0.25, 0.3) is 0 Å². The van der Waals surface area contributed by atoms with Gasteiger partial charge < -0.3 is 10.2 Å². The predicted molar refractivity (Wildman–Crippen MR) is 128 cm³/mol. The molecule has 5 heteroatoms. The zero-order chi connectivity index (χ0) is 21.9. The van der Waals surface area contributed by atoms with Crippen molar-refractivity contribution in [3.63, 3.8) is 0 Å². The van der Waals surface area contributed by atoms with Crippen LogP contribution in [0.4, 0.5) is 11.4 Å². The van der Waals surface area contributed by atoms with Crippen molar-refractivity contribution in [1.82, 2.24) is 0 Å². The third-order valence-electron chi connectivity index (χ3n) is 4.42. The van der Waals surface area contributed by atoms with Gasteiger partial charge in [0.1, 0.15) is 11.5 Å². The maximum absolute atomic E-state index is 9.78. The number of aromatic hydroxyl groups is 2. The van der Waals surface area contributed by atoms with E-state index in [1.165, 1.54) is 0 Å². The summed E-state index contributed by atoms with van der Waals surface area (Å²) in [6, 6.07) is 32.0. The summed E-state index contributed by atoms with van der Waals surface area (Å²) in [6.45, 7) is 1.87. The van der Waals surface area contributed by atoms with Crippen molar-refractivity contribution in [3.8, 4) is 11.5 Å². The molecular formula is C27H24N2O2V. The largest absolute Gasteiger partial charge is 0.507 e. The number of phenols is 2. The molecule has 0 spiro atoms. The third kappa shape index (κ3) is 7.58. The Labute approximate surface area is 200 Å². The Morgan fingerprint density at radius 2 is 1.03 bits per heavy atom. The molecule has 0 saturated heterocycles. The zero-order valence-electron chi connectivity index (χ0n) is 17.7. The van der Waals surface area contributed by atoms with E-state index in [0.717, 1.165) is 28.1 Å². The van der Waals surface area contributed by atoms with Gasteiger partial charge >= 0.3 is 0 Å². The summed E-state index contributed by atoms with van der Waals surface area (Å²) in [5, 5.41) is 19.3. The summed E-state index contributed by atoms with van der Waals surface area (Å²) in [5.74, 6) is 0.541. The molecule has 2 N–H and O–H groups in total. The molecule has 1 radical (unpaired) electrons. The van der Waals surface area contributed by atoms with Crippen molar-refractivity contribution < 1.29 is 28.8 Å². The Morgan fingerprint density at radius 3 is 1.59 bits per heavy atom. The van der Waals surface area contributed by atoms with Gasteiger partial charge in [-0.05, 0) is 55.0 Å². The molecule has 4 aromatic rings. The average molecular weight is 459 g/mol. The monoisotopic (exact) mass is 459 g/mol. The Balaban J connectivity index is 0.000000220. The quantitative estimate of drug-likeness (QED) is 0.338. The summed E-state index contributed by atoms with van der Waals surface area (Å²) in [4.78, 5) is 8.55. The van der Waals surface area contributed by atoms with Gasteiger partial charge in [-0.15, -0.1) is 0 Å². The van der Waals surface area contributed by atoms with Gasteiger partial charge in [0.05, 0.1) is 11.4 Å². The Morgan fingerprint density at radius 1 is 0.562 bits per heavy atom. The van der Waals surface area contributed by atoms with Crippen molar-refractivity contribution >= 4 is 23.8 Å². The summed E-state index contributed by atoms with van der Waals surface area (Å²) in [6.07, 6.45) is 3.34. The first-order chi connectivity index (χ1) is 15.1. The molecule has 0 bridgehead atoms. The second-order valence-corrected chi connectivity index (χ2v) is 6.76. The smallest absolute Gasteiger partial charge is 0.127 e. The van der Waals surface area contributed by atoms with Crippen LogP contribution in [0.2, 0.25) is 0 Å². The molecule has 0 unspecified atom stereocenters. The van der Waals surface area contributed by atoms with E-state index in [1.807, 2.05) is 97.9 Å². The van der Waals surface area contributed by atoms with Gasteiger partial charge in [0.25, 0.3) is 0 Å². The summed E-state index contributed by atoms with van der Waals surface area (Å²) < 4.78 is 0. The van der Waals surface area contributed by atoms with Gasteiger partial charge in [0.2, 0.25) is 0 Å². The summed E-state index contributed by atoms with van der Waals surface area (Å²) in [7, 11) is 0. The first-order valence-electron chi connectivity index (χ1n) is 9.88. The minimum absolute atomic E-state index is 0. The van der Waals surface area contributed by atoms with Crippen LogP contribution >= 0.6 is 0 Å². The average Bonchev–Trinajstić information content (AvgIpc) is 2.81. The van der Waals surface area contributed by atoms with Gasteiger partial charge in [0, 0.05) is 42.1 Å². The fraction of sp³-hybridized carbons (Fsp3) is 0.0370. The molecule has 0 saturated carbocycles. The molecule has 32 heavy (non-hydrogen) atoms. The van der Waals surface area contributed by atoms with E-state index in [1.54, 1.807) is 24.6 Å². The number of phenolic OH excluding ortho intramolecular Hbond substituents is 2. The van der Waals surface area contributed by atoms with Gasteiger partial charge in [-0.25, -0.2) is 0 Å². The van der Waals surface area contributed by atoms with Gasteiger partial charge in [0.15, 0.2) is 0 Å². The molecule has 0 fully saturated rings. The molecule has 4 rings (SSSR count). The van der Waals surface area contributed by atoms with Crippen molar-refractivity contribution in [3.05, 3.63) is 120 Å². The maximum atomic E-state index is 9.78. The molecule has 4 nitrogen and oxygen atoms in total. The molecule has 0 aliphatic rings. The van der Waals surface area contributed by atoms with Crippen molar-refractivity contribution in [2.45, 2.75) is 6.92 Å². The summed E-state index contributed by atoms with van der Waals surface area (Å²) >= 11 is 0. The molecule has 0 aromatic heterocycles. The third-order valence-corrected chi connectivity index (χ3v) is 4.42. The van der Waals surface area contributed by atoms with Crippen LogP contribution in [0, 0.1) is 6.92 Å². The fourth-order valence-electron chi connectivity index (χ4n) is 2.70. The van der Waals surface area contributed by atoms with Gasteiger partial charge in [-0.1, -0.05) is 60.7 Å². The van der Waals surface area contributed by atoms with Crippen LogP contribution in [0.15, 0.2) is 113 Å². The van der Waals surface area contributed by atoms with Crippen LogP contribution in [0.5, 0.6) is 11.5 Å². The predicted octanol–water partition coefficient (Wildman–Crippen LogP) is 6.59. The normalized spacial score (nSPS) is 10.4. The maximum Gasteiger partial charge on any atom is 0.127 e.